The van der Waals surface area contributed by atoms with Crippen LogP contribution in [0, 0.1) is 0 Å². The van der Waals surface area contributed by atoms with E-state index >= 15 is 0 Å². The number of hydrogen-bond donors (Lipinski definition) is 1. The maximum Gasteiger partial charge on any atom is 0.251 e. The molecule has 31 heavy (non-hydrogen) atoms. The number of fused-ring (bicyclic) bond motifs is 1. The molecule has 1 heterocycles. The molecule has 0 atom stereocenters. The monoisotopic (exact) mass is 515 g/mol. The number of benzene rings is 3. The Morgan fingerprint density at radius 1 is 1.00 bits per heavy atom. The first-order valence-corrected chi connectivity index (χ1v) is 11.5. The predicted octanol–water partition coefficient (Wildman–Crippen LogP) is 6.52. The number of halogens is 3. The second kappa shape index (κ2) is 9.86. The highest BCUT2D eigenvalue weighted by molar-refractivity contribution is 9.10. The third kappa shape index (κ3) is 5.12. The minimum atomic E-state index is -0.0855. The lowest BCUT2D eigenvalue weighted by atomic mass is 10.2. The minimum absolute atomic E-state index is 0.0855. The fourth-order valence-corrected chi connectivity index (χ4v) is 4.43. The molecule has 1 amide bonds. The number of imidazole rings is 1. The van der Waals surface area contributed by atoms with Gasteiger partial charge in [0.15, 0.2) is 0 Å². The van der Waals surface area contributed by atoms with E-state index in [0.717, 1.165) is 39.7 Å². The fourth-order valence-electron chi connectivity index (χ4n) is 3.51. The molecule has 4 rings (SSSR count). The van der Waals surface area contributed by atoms with Gasteiger partial charge in [0, 0.05) is 38.6 Å². The first-order valence-electron chi connectivity index (χ1n) is 9.94. The molecular formula is C24H20BrCl2N3O. The van der Waals surface area contributed by atoms with Gasteiger partial charge < -0.3 is 9.88 Å². The average Bonchev–Trinajstić information content (AvgIpc) is 3.11. The van der Waals surface area contributed by atoms with Gasteiger partial charge in [0.2, 0.25) is 0 Å². The Morgan fingerprint density at radius 3 is 2.52 bits per heavy atom. The number of para-hydroxylation sites is 2. The average molecular weight is 517 g/mol. The quantitative estimate of drug-likeness (QED) is 0.284. The highest BCUT2D eigenvalue weighted by atomic mass is 79.9. The summed E-state index contributed by atoms with van der Waals surface area (Å²) < 4.78 is 3.03. The first-order chi connectivity index (χ1) is 15.0. The standard InChI is InChI=1S/C24H20BrCl2N3O/c25-17-7-3-6-16(14-17)24(31)28-13-5-12-23-29-21-10-1-2-11-22(21)30(23)15-18-19(26)8-4-9-20(18)27/h1-4,6-11,14H,5,12-13,15H2,(H,28,31). The summed E-state index contributed by atoms with van der Waals surface area (Å²) in [7, 11) is 0. The number of carbonyl (C=O) groups excluding carboxylic acids is 1. The van der Waals surface area contributed by atoms with Crippen molar-refractivity contribution >= 4 is 56.1 Å². The van der Waals surface area contributed by atoms with Crippen LogP contribution in [0.3, 0.4) is 0 Å². The summed E-state index contributed by atoms with van der Waals surface area (Å²) in [6, 6.07) is 20.9. The molecule has 0 radical (unpaired) electrons. The van der Waals surface area contributed by atoms with Crippen molar-refractivity contribution in [2.24, 2.45) is 0 Å². The van der Waals surface area contributed by atoms with Crippen molar-refractivity contribution in [1.29, 1.82) is 0 Å². The molecule has 0 fully saturated rings. The molecule has 4 nitrogen and oxygen atoms in total. The van der Waals surface area contributed by atoms with Gasteiger partial charge in [0.05, 0.1) is 17.6 Å². The Kier molecular flexibility index (Phi) is 6.96. The molecule has 0 aliphatic heterocycles. The molecule has 158 valence electrons. The lowest BCUT2D eigenvalue weighted by Crippen LogP contribution is -2.25. The Balaban J connectivity index is 1.49. The third-order valence-electron chi connectivity index (χ3n) is 5.06. The lowest BCUT2D eigenvalue weighted by Gasteiger charge is -2.12. The van der Waals surface area contributed by atoms with Crippen LogP contribution in [-0.2, 0) is 13.0 Å². The topological polar surface area (TPSA) is 46.9 Å². The number of aryl methyl sites for hydroxylation is 1. The van der Waals surface area contributed by atoms with Gasteiger partial charge in [-0.25, -0.2) is 4.98 Å². The van der Waals surface area contributed by atoms with Crippen molar-refractivity contribution in [3.05, 3.63) is 98.2 Å². The third-order valence-corrected chi connectivity index (χ3v) is 6.26. The van der Waals surface area contributed by atoms with Crippen LogP contribution in [0.25, 0.3) is 11.0 Å². The molecule has 0 spiro atoms. The first kappa shape index (κ1) is 21.9. The van der Waals surface area contributed by atoms with Gasteiger partial charge in [0.25, 0.3) is 5.91 Å². The van der Waals surface area contributed by atoms with E-state index in [1.807, 2.05) is 60.7 Å². The zero-order valence-electron chi connectivity index (χ0n) is 16.6. The van der Waals surface area contributed by atoms with Crippen molar-refractivity contribution in [3.63, 3.8) is 0 Å². The highest BCUT2D eigenvalue weighted by Crippen LogP contribution is 2.27. The van der Waals surface area contributed by atoms with Crippen molar-refractivity contribution in [1.82, 2.24) is 14.9 Å². The minimum Gasteiger partial charge on any atom is -0.352 e. The van der Waals surface area contributed by atoms with Crippen LogP contribution in [0.4, 0.5) is 0 Å². The van der Waals surface area contributed by atoms with Gasteiger partial charge in [0.1, 0.15) is 5.82 Å². The molecule has 1 aromatic heterocycles. The number of amides is 1. The van der Waals surface area contributed by atoms with E-state index < -0.39 is 0 Å². The summed E-state index contributed by atoms with van der Waals surface area (Å²) in [4.78, 5) is 17.2. The van der Waals surface area contributed by atoms with Crippen LogP contribution in [0.2, 0.25) is 10.0 Å². The summed E-state index contributed by atoms with van der Waals surface area (Å²) in [5.74, 6) is 0.853. The Labute approximate surface area is 199 Å². The summed E-state index contributed by atoms with van der Waals surface area (Å²) >= 11 is 16.2. The maximum absolute atomic E-state index is 12.4. The molecule has 3 aromatic carbocycles. The van der Waals surface area contributed by atoms with Gasteiger partial charge in [-0.15, -0.1) is 0 Å². The summed E-state index contributed by atoms with van der Waals surface area (Å²) in [6.45, 7) is 1.10. The number of hydrogen-bond acceptors (Lipinski definition) is 2. The van der Waals surface area contributed by atoms with Crippen LogP contribution in [-0.4, -0.2) is 22.0 Å². The normalized spacial score (nSPS) is 11.1. The van der Waals surface area contributed by atoms with E-state index in [1.165, 1.54) is 0 Å². The predicted molar refractivity (Wildman–Crippen MR) is 130 cm³/mol. The second-order valence-electron chi connectivity index (χ2n) is 7.17. The Morgan fingerprint density at radius 2 is 1.74 bits per heavy atom. The van der Waals surface area contributed by atoms with Crippen LogP contribution in [0.1, 0.15) is 28.2 Å². The number of carbonyl (C=O) groups is 1. The van der Waals surface area contributed by atoms with Crippen molar-refractivity contribution in [2.75, 3.05) is 6.54 Å². The van der Waals surface area contributed by atoms with Crippen LogP contribution < -0.4 is 5.32 Å². The zero-order valence-corrected chi connectivity index (χ0v) is 19.7. The fraction of sp³-hybridized carbons (Fsp3) is 0.167. The largest absolute Gasteiger partial charge is 0.352 e. The molecule has 0 unspecified atom stereocenters. The number of aromatic nitrogens is 2. The molecule has 0 bridgehead atoms. The van der Waals surface area contributed by atoms with E-state index in [4.69, 9.17) is 28.2 Å². The molecular weight excluding hydrogens is 497 g/mol. The summed E-state index contributed by atoms with van der Waals surface area (Å²) in [5, 5.41) is 4.25. The molecule has 7 heteroatoms. The van der Waals surface area contributed by atoms with Crippen LogP contribution in [0.5, 0.6) is 0 Å². The summed E-state index contributed by atoms with van der Waals surface area (Å²) in [5.41, 5.74) is 3.47. The Hall–Kier alpha value is -2.34. The van der Waals surface area contributed by atoms with Crippen LogP contribution in [0.15, 0.2) is 71.2 Å². The molecule has 1 N–H and O–H groups in total. The number of rotatable bonds is 7. The van der Waals surface area contributed by atoms with Crippen LogP contribution >= 0.6 is 39.1 Å². The van der Waals surface area contributed by atoms with Gasteiger partial charge in [-0.2, -0.15) is 0 Å². The number of nitrogens with zero attached hydrogens (tertiary/aromatic N) is 2. The molecule has 0 saturated heterocycles. The second-order valence-corrected chi connectivity index (χ2v) is 8.90. The Bertz CT molecular complexity index is 1220. The highest BCUT2D eigenvalue weighted by Gasteiger charge is 2.14. The SMILES string of the molecule is O=C(NCCCc1nc2ccccc2n1Cc1c(Cl)cccc1Cl)c1cccc(Br)c1. The molecule has 0 aliphatic carbocycles. The van der Waals surface area contributed by atoms with Gasteiger partial charge in [-0.1, -0.05) is 63.4 Å². The smallest absolute Gasteiger partial charge is 0.251 e. The van der Waals surface area contributed by atoms with E-state index in [-0.39, 0.29) is 5.91 Å². The summed E-state index contributed by atoms with van der Waals surface area (Å²) in [6.07, 6.45) is 1.48. The maximum atomic E-state index is 12.4. The molecule has 0 aliphatic rings. The van der Waals surface area contributed by atoms with Crippen molar-refractivity contribution in [3.8, 4) is 0 Å². The van der Waals surface area contributed by atoms with Crippen molar-refractivity contribution < 1.29 is 4.79 Å². The van der Waals surface area contributed by atoms with Gasteiger partial charge in [-0.05, 0) is 48.9 Å². The van der Waals surface area contributed by atoms with E-state index in [2.05, 4.69) is 25.8 Å². The van der Waals surface area contributed by atoms with E-state index in [9.17, 15) is 4.79 Å². The molecule has 4 aromatic rings. The lowest BCUT2D eigenvalue weighted by molar-refractivity contribution is 0.0953. The van der Waals surface area contributed by atoms with Gasteiger partial charge >= 0.3 is 0 Å². The van der Waals surface area contributed by atoms with Gasteiger partial charge in [-0.3, -0.25) is 4.79 Å². The zero-order chi connectivity index (χ0) is 21.8. The van der Waals surface area contributed by atoms with Crippen molar-refractivity contribution in [2.45, 2.75) is 19.4 Å². The van der Waals surface area contributed by atoms with E-state index in [0.29, 0.717) is 28.7 Å². The number of nitrogens with one attached hydrogen (secondary N) is 1. The molecule has 0 saturated carbocycles. The van der Waals surface area contributed by atoms with E-state index in [1.54, 1.807) is 6.07 Å².